The number of ketones is 1. The van der Waals surface area contributed by atoms with E-state index in [0.717, 1.165) is 0 Å². The number of rotatable bonds is 6. The second kappa shape index (κ2) is 5.83. The molecular weight excluding hydrogens is 226 g/mol. The predicted octanol–water partition coefficient (Wildman–Crippen LogP) is 1.96. The Balaban J connectivity index is 2.90. The molecule has 6 nitrogen and oxygen atoms in total. The average molecular weight is 239 g/mol. The summed E-state index contributed by atoms with van der Waals surface area (Å²) in [5.74, 6) is 0.474. The number of hydrogen-bond acceptors (Lipinski definition) is 5. The summed E-state index contributed by atoms with van der Waals surface area (Å²) < 4.78 is 10.2. The number of ether oxygens (including phenoxy) is 2. The molecule has 0 unspecified atom stereocenters. The van der Waals surface area contributed by atoms with Crippen molar-refractivity contribution in [2.75, 3.05) is 13.7 Å². The lowest BCUT2D eigenvalue weighted by Gasteiger charge is -2.09. The molecule has 0 spiro atoms. The van der Waals surface area contributed by atoms with Crippen molar-refractivity contribution in [3.05, 3.63) is 28.3 Å². The Morgan fingerprint density at radius 2 is 2.12 bits per heavy atom. The van der Waals surface area contributed by atoms with Crippen LogP contribution in [0.2, 0.25) is 0 Å². The fraction of sp³-hybridized carbons (Fsp3) is 0.364. The summed E-state index contributed by atoms with van der Waals surface area (Å²) in [6.45, 7) is 1.60. The molecular formula is C11H13NO5. The normalized spacial score (nSPS) is 9.76. The van der Waals surface area contributed by atoms with E-state index in [1.165, 1.54) is 25.3 Å². The van der Waals surface area contributed by atoms with Gasteiger partial charge in [-0.25, -0.2) is 0 Å². The molecule has 0 radical (unpaired) electrons. The molecule has 92 valence electrons. The van der Waals surface area contributed by atoms with Gasteiger partial charge in [0.1, 0.15) is 6.61 Å². The van der Waals surface area contributed by atoms with E-state index in [0.29, 0.717) is 12.2 Å². The quantitative estimate of drug-likeness (QED) is 0.560. The first-order valence-electron chi connectivity index (χ1n) is 5.05. The molecule has 0 aromatic heterocycles. The third-order valence-corrected chi connectivity index (χ3v) is 2.14. The van der Waals surface area contributed by atoms with Crippen LogP contribution in [0.25, 0.3) is 0 Å². The molecule has 0 aliphatic rings. The van der Waals surface area contributed by atoms with Crippen LogP contribution >= 0.6 is 0 Å². The molecule has 1 aromatic rings. The van der Waals surface area contributed by atoms with Crippen LogP contribution in [-0.4, -0.2) is 24.4 Å². The van der Waals surface area contributed by atoms with E-state index in [1.54, 1.807) is 6.92 Å². The molecule has 0 bridgehead atoms. The van der Waals surface area contributed by atoms with Gasteiger partial charge in [0.25, 0.3) is 5.69 Å². The van der Waals surface area contributed by atoms with Crippen molar-refractivity contribution >= 4 is 11.5 Å². The summed E-state index contributed by atoms with van der Waals surface area (Å²) in [4.78, 5) is 21.2. The SMILES string of the molecule is CCC(=O)COc1cc([N+](=O)[O-])ccc1OC. The maximum absolute atomic E-state index is 11.1. The molecule has 1 rings (SSSR count). The molecule has 0 fully saturated rings. The minimum absolute atomic E-state index is 0.0847. The number of carbonyl (C=O) groups excluding carboxylic acids is 1. The van der Waals surface area contributed by atoms with Crippen molar-refractivity contribution in [3.63, 3.8) is 0 Å². The second-order valence-corrected chi connectivity index (χ2v) is 3.27. The first kappa shape index (κ1) is 13.0. The van der Waals surface area contributed by atoms with E-state index in [4.69, 9.17) is 9.47 Å². The number of methoxy groups -OCH3 is 1. The molecule has 6 heteroatoms. The maximum Gasteiger partial charge on any atom is 0.273 e. The standard InChI is InChI=1S/C11H13NO5/c1-3-9(13)7-17-11-6-8(12(14)15)4-5-10(11)16-2/h4-6H,3,7H2,1-2H3. The van der Waals surface area contributed by atoms with E-state index in [2.05, 4.69) is 0 Å². The summed E-state index contributed by atoms with van der Waals surface area (Å²) in [5.41, 5.74) is -0.107. The largest absolute Gasteiger partial charge is 0.493 e. The van der Waals surface area contributed by atoms with E-state index < -0.39 is 4.92 Å². The lowest BCUT2D eigenvalue weighted by Crippen LogP contribution is -2.10. The highest BCUT2D eigenvalue weighted by atomic mass is 16.6. The third kappa shape index (κ3) is 3.44. The summed E-state index contributed by atoms with van der Waals surface area (Å²) >= 11 is 0. The molecule has 0 heterocycles. The monoisotopic (exact) mass is 239 g/mol. The minimum Gasteiger partial charge on any atom is -0.493 e. The highest BCUT2D eigenvalue weighted by Gasteiger charge is 2.13. The van der Waals surface area contributed by atoms with Crippen LogP contribution in [0.15, 0.2) is 18.2 Å². The number of nitro benzene ring substituents is 1. The number of nitro groups is 1. The van der Waals surface area contributed by atoms with Crippen LogP contribution in [0.1, 0.15) is 13.3 Å². The molecule has 0 saturated heterocycles. The van der Waals surface area contributed by atoms with Crippen molar-refractivity contribution < 1.29 is 19.2 Å². The zero-order chi connectivity index (χ0) is 12.8. The van der Waals surface area contributed by atoms with Crippen LogP contribution in [0.3, 0.4) is 0 Å². The number of Topliss-reactive ketones (excluding diaryl/α,β-unsaturated/α-hetero) is 1. The Morgan fingerprint density at radius 3 is 2.65 bits per heavy atom. The maximum atomic E-state index is 11.1. The van der Waals surface area contributed by atoms with Crippen molar-refractivity contribution in [1.82, 2.24) is 0 Å². The molecule has 0 amide bonds. The molecule has 0 aliphatic carbocycles. The lowest BCUT2D eigenvalue weighted by atomic mass is 10.2. The van der Waals surface area contributed by atoms with Gasteiger partial charge in [0.05, 0.1) is 18.1 Å². The summed E-state index contributed by atoms with van der Waals surface area (Å²) in [6, 6.07) is 3.99. The predicted molar refractivity (Wildman–Crippen MR) is 60.4 cm³/mol. The average Bonchev–Trinajstić information content (AvgIpc) is 2.35. The minimum atomic E-state index is -0.534. The zero-order valence-electron chi connectivity index (χ0n) is 9.63. The number of benzene rings is 1. The van der Waals surface area contributed by atoms with Crippen LogP contribution in [0.4, 0.5) is 5.69 Å². The summed E-state index contributed by atoms with van der Waals surface area (Å²) in [5, 5.41) is 10.6. The Bertz CT molecular complexity index is 430. The van der Waals surface area contributed by atoms with Gasteiger partial charge in [-0.2, -0.15) is 0 Å². The van der Waals surface area contributed by atoms with Crippen molar-refractivity contribution in [2.24, 2.45) is 0 Å². The topological polar surface area (TPSA) is 78.7 Å². The number of hydrogen-bond donors (Lipinski definition) is 0. The third-order valence-electron chi connectivity index (χ3n) is 2.14. The van der Waals surface area contributed by atoms with Gasteiger partial charge >= 0.3 is 0 Å². The van der Waals surface area contributed by atoms with Crippen LogP contribution < -0.4 is 9.47 Å². The Kier molecular flexibility index (Phi) is 4.45. The van der Waals surface area contributed by atoms with Gasteiger partial charge in [-0.05, 0) is 6.07 Å². The van der Waals surface area contributed by atoms with Crippen molar-refractivity contribution in [2.45, 2.75) is 13.3 Å². The Morgan fingerprint density at radius 1 is 1.41 bits per heavy atom. The molecule has 17 heavy (non-hydrogen) atoms. The van der Waals surface area contributed by atoms with Crippen molar-refractivity contribution in [3.8, 4) is 11.5 Å². The lowest BCUT2D eigenvalue weighted by molar-refractivity contribution is -0.385. The Labute approximate surface area is 98.3 Å². The van der Waals surface area contributed by atoms with Crippen LogP contribution in [0.5, 0.6) is 11.5 Å². The Hall–Kier alpha value is -2.11. The van der Waals surface area contributed by atoms with Gasteiger partial charge in [-0.3, -0.25) is 14.9 Å². The highest BCUT2D eigenvalue weighted by Crippen LogP contribution is 2.31. The van der Waals surface area contributed by atoms with Crippen molar-refractivity contribution in [1.29, 1.82) is 0 Å². The zero-order valence-corrected chi connectivity index (χ0v) is 9.63. The molecule has 0 N–H and O–H groups in total. The van der Waals surface area contributed by atoms with Gasteiger partial charge in [0.2, 0.25) is 0 Å². The van der Waals surface area contributed by atoms with Gasteiger partial charge in [-0.15, -0.1) is 0 Å². The number of nitrogens with zero attached hydrogens (tertiary/aromatic N) is 1. The summed E-state index contributed by atoms with van der Waals surface area (Å²) in [7, 11) is 1.43. The number of non-ortho nitro benzene ring substituents is 1. The highest BCUT2D eigenvalue weighted by molar-refractivity contribution is 5.79. The molecule has 0 saturated carbocycles. The van der Waals surface area contributed by atoms with Crippen LogP contribution in [0, 0.1) is 10.1 Å². The smallest absolute Gasteiger partial charge is 0.273 e. The van der Waals surface area contributed by atoms with E-state index in [1.807, 2.05) is 0 Å². The second-order valence-electron chi connectivity index (χ2n) is 3.27. The first-order valence-corrected chi connectivity index (χ1v) is 5.05. The molecule has 0 atom stereocenters. The first-order chi connectivity index (χ1) is 8.08. The van der Waals surface area contributed by atoms with E-state index in [-0.39, 0.29) is 23.8 Å². The summed E-state index contributed by atoms with van der Waals surface area (Å²) in [6.07, 6.45) is 0.358. The molecule has 0 aliphatic heterocycles. The van der Waals surface area contributed by atoms with Gasteiger partial charge in [0.15, 0.2) is 17.3 Å². The van der Waals surface area contributed by atoms with Crippen LogP contribution in [-0.2, 0) is 4.79 Å². The van der Waals surface area contributed by atoms with Gasteiger partial charge in [0, 0.05) is 12.5 Å². The molecule has 1 aromatic carbocycles. The number of carbonyl (C=O) groups is 1. The fourth-order valence-corrected chi connectivity index (χ4v) is 1.15. The van der Waals surface area contributed by atoms with E-state index in [9.17, 15) is 14.9 Å². The van der Waals surface area contributed by atoms with Gasteiger partial charge in [-0.1, -0.05) is 6.92 Å². The van der Waals surface area contributed by atoms with E-state index >= 15 is 0 Å². The fourth-order valence-electron chi connectivity index (χ4n) is 1.15. The van der Waals surface area contributed by atoms with Gasteiger partial charge < -0.3 is 9.47 Å².